The highest BCUT2D eigenvalue weighted by molar-refractivity contribution is 7.92. The predicted molar refractivity (Wildman–Crippen MR) is 109 cm³/mol. The minimum Gasteiger partial charge on any atom is -0.354 e. The number of nitrogens with zero attached hydrogens (tertiary/aromatic N) is 1. The Morgan fingerprint density at radius 2 is 1.30 bits per heavy atom. The van der Waals surface area contributed by atoms with E-state index in [4.69, 9.17) is 0 Å². The molecule has 5 nitrogen and oxygen atoms in total. The van der Waals surface area contributed by atoms with Crippen LogP contribution in [0.1, 0.15) is 0 Å². The zero-order valence-corrected chi connectivity index (χ0v) is 15.1. The van der Waals surface area contributed by atoms with Crippen LogP contribution in [-0.4, -0.2) is 13.4 Å². The van der Waals surface area contributed by atoms with Crippen LogP contribution in [0.3, 0.4) is 0 Å². The van der Waals surface area contributed by atoms with Gasteiger partial charge in [-0.1, -0.05) is 54.6 Å². The molecule has 0 aliphatic carbocycles. The van der Waals surface area contributed by atoms with Crippen molar-refractivity contribution >= 4 is 38.0 Å². The Hall–Kier alpha value is -3.38. The Bertz CT molecular complexity index is 1180. The van der Waals surface area contributed by atoms with Crippen LogP contribution in [0.25, 0.3) is 10.9 Å². The molecule has 0 bridgehead atoms. The van der Waals surface area contributed by atoms with Crippen LogP contribution in [-0.2, 0) is 10.0 Å². The van der Waals surface area contributed by atoms with Crippen molar-refractivity contribution in [2.45, 2.75) is 4.90 Å². The first-order valence-electron chi connectivity index (χ1n) is 8.41. The van der Waals surface area contributed by atoms with Gasteiger partial charge in [0.05, 0.1) is 17.4 Å². The summed E-state index contributed by atoms with van der Waals surface area (Å²) in [7, 11) is -3.83. The molecule has 3 aromatic carbocycles. The lowest BCUT2D eigenvalue weighted by Gasteiger charge is -2.16. The van der Waals surface area contributed by atoms with Gasteiger partial charge in [-0.05, 0) is 30.3 Å². The summed E-state index contributed by atoms with van der Waals surface area (Å²) in [5.74, 6) is 0. The number of aromatic nitrogens is 1. The molecule has 6 heteroatoms. The number of benzene rings is 3. The lowest BCUT2D eigenvalue weighted by Crippen LogP contribution is -2.15. The van der Waals surface area contributed by atoms with Gasteiger partial charge < -0.3 is 5.32 Å². The van der Waals surface area contributed by atoms with Crippen LogP contribution >= 0.6 is 0 Å². The van der Waals surface area contributed by atoms with Gasteiger partial charge in [-0.3, -0.25) is 9.71 Å². The standard InChI is InChI=1S/C21H17N3O2S/c25-27(26,24-17-11-5-2-6-12-17)20-15-22-19-14-8-7-13-18(19)21(20)23-16-9-3-1-4-10-16/h1-15,24H,(H,22,23). The van der Waals surface area contributed by atoms with E-state index in [0.29, 0.717) is 11.4 Å². The van der Waals surface area contributed by atoms with E-state index >= 15 is 0 Å². The van der Waals surface area contributed by atoms with Crippen molar-refractivity contribution in [1.82, 2.24) is 4.98 Å². The van der Waals surface area contributed by atoms with Gasteiger partial charge in [0.2, 0.25) is 0 Å². The van der Waals surface area contributed by atoms with Gasteiger partial charge in [0.15, 0.2) is 0 Å². The Morgan fingerprint density at radius 1 is 0.704 bits per heavy atom. The van der Waals surface area contributed by atoms with Crippen molar-refractivity contribution in [3.63, 3.8) is 0 Å². The van der Waals surface area contributed by atoms with Gasteiger partial charge in [0.25, 0.3) is 10.0 Å². The lowest BCUT2D eigenvalue weighted by atomic mass is 10.2. The van der Waals surface area contributed by atoms with Crippen molar-refractivity contribution in [2.24, 2.45) is 0 Å². The highest BCUT2D eigenvalue weighted by Crippen LogP contribution is 2.32. The van der Waals surface area contributed by atoms with Crippen molar-refractivity contribution in [3.05, 3.63) is 91.1 Å². The average Bonchev–Trinajstić information content (AvgIpc) is 2.69. The number of nitrogens with one attached hydrogen (secondary N) is 2. The van der Waals surface area contributed by atoms with Gasteiger partial charge in [-0.15, -0.1) is 0 Å². The summed E-state index contributed by atoms with van der Waals surface area (Å²) < 4.78 is 28.7. The van der Waals surface area contributed by atoms with Crippen molar-refractivity contribution < 1.29 is 8.42 Å². The van der Waals surface area contributed by atoms with E-state index < -0.39 is 10.0 Å². The molecular weight excluding hydrogens is 358 g/mol. The van der Waals surface area contributed by atoms with Gasteiger partial charge in [-0.25, -0.2) is 8.42 Å². The Kier molecular flexibility index (Phi) is 4.48. The molecule has 0 unspecified atom stereocenters. The molecular formula is C21H17N3O2S. The molecule has 4 rings (SSSR count). The second-order valence-electron chi connectivity index (χ2n) is 5.98. The number of para-hydroxylation sites is 3. The third kappa shape index (κ3) is 3.61. The van der Waals surface area contributed by atoms with E-state index in [2.05, 4.69) is 15.0 Å². The third-order valence-electron chi connectivity index (χ3n) is 4.10. The first kappa shape index (κ1) is 17.1. The summed E-state index contributed by atoms with van der Waals surface area (Å²) in [6, 6.07) is 25.7. The topological polar surface area (TPSA) is 71.1 Å². The predicted octanol–water partition coefficient (Wildman–Crippen LogP) is 4.78. The van der Waals surface area contributed by atoms with E-state index in [9.17, 15) is 8.42 Å². The SMILES string of the molecule is O=S(=O)(Nc1ccccc1)c1cnc2ccccc2c1Nc1ccccc1. The lowest BCUT2D eigenvalue weighted by molar-refractivity contribution is 0.601. The van der Waals surface area contributed by atoms with Crippen LogP contribution in [0.15, 0.2) is 96.0 Å². The van der Waals surface area contributed by atoms with Crippen LogP contribution in [0.2, 0.25) is 0 Å². The number of anilines is 3. The number of fused-ring (bicyclic) bond motifs is 1. The molecule has 0 amide bonds. The molecule has 0 radical (unpaired) electrons. The molecule has 1 aromatic heterocycles. The van der Waals surface area contributed by atoms with Gasteiger partial charge in [0, 0.05) is 16.8 Å². The summed E-state index contributed by atoms with van der Waals surface area (Å²) in [5.41, 5.74) is 2.51. The van der Waals surface area contributed by atoms with Crippen molar-refractivity contribution in [1.29, 1.82) is 0 Å². The fraction of sp³-hybridized carbons (Fsp3) is 0. The second-order valence-corrected chi connectivity index (χ2v) is 7.63. The summed E-state index contributed by atoms with van der Waals surface area (Å²) in [5, 5.41) is 3.98. The Balaban J connectivity index is 1.85. The molecule has 0 spiro atoms. The Morgan fingerprint density at radius 3 is 2.00 bits per heavy atom. The number of sulfonamides is 1. The van der Waals surface area contributed by atoms with Gasteiger partial charge in [0.1, 0.15) is 4.90 Å². The number of rotatable bonds is 5. The zero-order chi connectivity index (χ0) is 18.7. The molecule has 27 heavy (non-hydrogen) atoms. The van der Waals surface area contributed by atoms with E-state index in [-0.39, 0.29) is 4.90 Å². The quantitative estimate of drug-likeness (QED) is 0.527. The van der Waals surface area contributed by atoms with Crippen LogP contribution < -0.4 is 10.0 Å². The second kappa shape index (κ2) is 7.09. The highest BCUT2D eigenvalue weighted by Gasteiger charge is 2.22. The fourth-order valence-corrected chi connectivity index (χ4v) is 4.02. The summed E-state index contributed by atoms with van der Waals surface area (Å²) in [6.45, 7) is 0. The zero-order valence-electron chi connectivity index (χ0n) is 14.3. The summed E-state index contributed by atoms with van der Waals surface area (Å²) >= 11 is 0. The molecule has 0 aliphatic heterocycles. The maximum atomic E-state index is 13.1. The van der Waals surface area contributed by atoms with E-state index in [1.54, 1.807) is 24.3 Å². The maximum absolute atomic E-state index is 13.1. The molecule has 4 aromatic rings. The van der Waals surface area contributed by atoms with Crippen molar-refractivity contribution in [3.8, 4) is 0 Å². The maximum Gasteiger partial charge on any atom is 0.265 e. The minimum absolute atomic E-state index is 0.0916. The van der Waals surface area contributed by atoms with Gasteiger partial charge >= 0.3 is 0 Å². The first-order chi connectivity index (χ1) is 13.1. The molecule has 134 valence electrons. The number of hydrogen-bond donors (Lipinski definition) is 2. The molecule has 0 fully saturated rings. The molecule has 0 saturated carbocycles. The van der Waals surface area contributed by atoms with Crippen LogP contribution in [0.4, 0.5) is 17.1 Å². The van der Waals surface area contributed by atoms with E-state index in [1.165, 1.54) is 6.20 Å². The summed E-state index contributed by atoms with van der Waals surface area (Å²) in [4.78, 5) is 4.42. The van der Waals surface area contributed by atoms with E-state index in [1.807, 2.05) is 60.7 Å². The minimum atomic E-state index is -3.83. The van der Waals surface area contributed by atoms with Crippen molar-refractivity contribution in [2.75, 3.05) is 10.0 Å². The molecule has 2 N–H and O–H groups in total. The Labute approximate surface area is 157 Å². The van der Waals surface area contributed by atoms with E-state index in [0.717, 1.165) is 16.6 Å². The summed E-state index contributed by atoms with van der Waals surface area (Å²) in [6.07, 6.45) is 1.39. The molecule has 1 heterocycles. The van der Waals surface area contributed by atoms with Gasteiger partial charge in [-0.2, -0.15) is 0 Å². The third-order valence-corrected chi connectivity index (χ3v) is 5.49. The van der Waals surface area contributed by atoms with Crippen LogP contribution in [0, 0.1) is 0 Å². The largest absolute Gasteiger partial charge is 0.354 e. The van der Waals surface area contributed by atoms with Crippen LogP contribution in [0.5, 0.6) is 0 Å². The highest BCUT2D eigenvalue weighted by atomic mass is 32.2. The number of hydrogen-bond acceptors (Lipinski definition) is 4. The average molecular weight is 375 g/mol. The smallest absolute Gasteiger partial charge is 0.265 e. The fourth-order valence-electron chi connectivity index (χ4n) is 2.84. The monoisotopic (exact) mass is 375 g/mol. The number of pyridine rings is 1. The first-order valence-corrected chi connectivity index (χ1v) is 9.89. The molecule has 0 saturated heterocycles. The molecule has 0 atom stereocenters. The molecule has 0 aliphatic rings. The normalized spacial score (nSPS) is 11.3.